The van der Waals surface area contributed by atoms with E-state index in [1.807, 2.05) is 13.0 Å². The molecule has 0 saturated heterocycles. The summed E-state index contributed by atoms with van der Waals surface area (Å²) in [6, 6.07) is 0. The summed E-state index contributed by atoms with van der Waals surface area (Å²) in [6.07, 6.45) is 1.92. The highest BCUT2D eigenvalue weighted by Gasteiger charge is 2.15. The SMILES string of the molecule is CN=C(C=C(C)N)C(C)(C)C. The van der Waals surface area contributed by atoms with Crippen LogP contribution in [0.4, 0.5) is 0 Å². The van der Waals surface area contributed by atoms with Crippen molar-refractivity contribution in [2.45, 2.75) is 27.7 Å². The maximum Gasteiger partial charge on any atom is 0.0415 e. The van der Waals surface area contributed by atoms with Crippen molar-refractivity contribution >= 4 is 5.71 Å². The molecule has 0 aliphatic heterocycles. The number of hydrogen-bond acceptors (Lipinski definition) is 2. The summed E-state index contributed by atoms with van der Waals surface area (Å²) < 4.78 is 0. The van der Waals surface area contributed by atoms with Gasteiger partial charge in [0, 0.05) is 23.9 Å². The summed E-state index contributed by atoms with van der Waals surface area (Å²) >= 11 is 0. The molecule has 64 valence electrons. The summed E-state index contributed by atoms with van der Waals surface area (Å²) in [7, 11) is 1.79. The molecule has 0 amide bonds. The van der Waals surface area contributed by atoms with E-state index in [0.717, 1.165) is 11.4 Å². The summed E-state index contributed by atoms with van der Waals surface area (Å²) in [5.41, 5.74) is 7.48. The Bertz CT molecular complexity index is 178. The van der Waals surface area contributed by atoms with E-state index < -0.39 is 0 Å². The zero-order valence-corrected chi connectivity index (χ0v) is 8.10. The third-order valence-electron chi connectivity index (χ3n) is 1.37. The maximum atomic E-state index is 5.55. The highest BCUT2D eigenvalue weighted by atomic mass is 14.7. The smallest absolute Gasteiger partial charge is 0.0415 e. The van der Waals surface area contributed by atoms with E-state index in [9.17, 15) is 0 Å². The molecule has 0 aromatic carbocycles. The maximum absolute atomic E-state index is 5.55. The summed E-state index contributed by atoms with van der Waals surface area (Å²) in [6.45, 7) is 8.23. The quantitative estimate of drug-likeness (QED) is 0.576. The molecule has 0 unspecified atom stereocenters. The largest absolute Gasteiger partial charge is 0.402 e. The Labute approximate surface area is 69.2 Å². The zero-order valence-electron chi connectivity index (χ0n) is 8.10. The van der Waals surface area contributed by atoms with Crippen LogP contribution in [0.5, 0.6) is 0 Å². The van der Waals surface area contributed by atoms with Gasteiger partial charge >= 0.3 is 0 Å². The van der Waals surface area contributed by atoms with Crippen LogP contribution >= 0.6 is 0 Å². The lowest BCUT2D eigenvalue weighted by atomic mass is 9.89. The number of nitrogens with zero attached hydrogens (tertiary/aromatic N) is 1. The summed E-state index contributed by atoms with van der Waals surface area (Å²) in [5.74, 6) is 0. The molecule has 0 spiro atoms. The highest BCUT2D eigenvalue weighted by molar-refractivity contribution is 5.99. The van der Waals surface area contributed by atoms with E-state index in [0.29, 0.717) is 0 Å². The van der Waals surface area contributed by atoms with Crippen molar-refractivity contribution < 1.29 is 0 Å². The molecule has 11 heavy (non-hydrogen) atoms. The molecule has 0 aromatic rings. The Morgan fingerprint density at radius 3 is 1.91 bits per heavy atom. The van der Waals surface area contributed by atoms with Crippen LogP contribution < -0.4 is 5.73 Å². The average molecular weight is 154 g/mol. The van der Waals surface area contributed by atoms with Gasteiger partial charge in [0.1, 0.15) is 0 Å². The topological polar surface area (TPSA) is 38.4 Å². The van der Waals surface area contributed by atoms with Gasteiger partial charge in [-0.2, -0.15) is 0 Å². The second kappa shape index (κ2) is 3.56. The van der Waals surface area contributed by atoms with Gasteiger partial charge < -0.3 is 5.73 Å². The predicted octanol–water partition coefficient (Wildman–Crippen LogP) is 1.97. The third kappa shape index (κ3) is 3.81. The molecular weight excluding hydrogens is 136 g/mol. The van der Waals surface area contributed by atoms with Crippen LogP contribution in [0.25, 0.3) is 0 Å². The lowest BCUT2D eigenvalue weighted by Gasteiger charge is -2.18. The van der Waals surface area contributed by atoms with E-state index in [4.69, 9.17) is 5.73 Å². The second-order valence-corrected chi connectivity index (χ2v) is 3.75. The normalized spacial score (nSPS) is 15.4. The van der Waals surface area contributed by atoms with Crippen LogP contribution in [0.3, 0.4) is 0 Å². The molecule has 0 aromatic heterocycles. The summed E-state index contributed by atoms with van der Waals surface area (Å²) in [5, 5.41) is 0. The second-order valence-electron chi connectivity index (χ2n) is 3.75. The van der Waals surface area contributed by atoms with Crippen LogP contribution in [0.15, 0.2) is 16.8 Å². The van der Waals surface area contributed by atoms with E-state index in [2.05, 4.69) is 25.8 Å². The number of rotatable bonds is 1. The lowest BCUT2D eigenvalue weighted by molar-refractivity contribution is 0.593. The van der Waals surface area contributed by atoms with Gasteiger partial charge in [-0.25, -0.2) is 0 Å². The van der Waals surface area contributed by atoms with Gasteiger partial charge in [-0.1, -0.05) is 20.8 Å². The number of aliphatic imine (C=N–C) groups is 1. The Morgan fingerprint density at radius 2 is 1.82 bits per heavy atom. The standard InChI is InChI=1S/C9H18N2/c1-7(10)6-8(11-5)9(2,3)4/h6H,10H2,1-5H3. The number of hydrogen-bond donors (Lipinski definition) is 1. The van der Waals surface area contributed by atoms with Gasteiger partial charge in [-0.3, -0.25) is 4.99 Å². The van der Waals surface area contributed by atoms with Crippen LogP contribution in [-0.2, 0) is 0 Å². The minimum Gasteiger partial charge on any atom is -0.402 e. The molecule has 0 aliphatic rings. The van der Waals surface area contributed by atoms with Crippen molar-refractivity contribution in [3.63, 3.8) is 0 Å². The fraction of sp³-hybridized carbons (Fsp3) is 0.667. The summed E-state index contributed by atoms with van der Waals surface area (Å²) in [4.78, 5) is 4.16. The van der Waals surface area contributed by atoms with Crippen LogP contribution in [0.1, 0.15) is 27.7 Å². The third-order valence-corrected chi connectivity index (χ3v) is 1.37. The average Bonchev–Trinajstić information content (AvgIpc) is 1.79. The molecule has 0 fully saturated rings. The van der Waals surface area contributed by atoms with Gasteiger partial charge in [-0.05, 0) is 13.0 Å². The minimum atomic E-state index is 0.0926. The molecule has 0 heterocycles. The predicted molar refractivity (Wildman–Crippen MR) is 50.8 cm³/mol. The monoisotopic (exact) mass is 154 g/mol. The van der Waals surface area contributed by atoms with Crippen LogP contribution in [-0.4, -0.2) is 12.8 Å². The van der Waals surface area contributed by atoms with Crippen molar-refractivity contribution in [2.75, 3.05) is 7.05 Å². The van der Waals surface area contributed by atoms with Gasteiger partial charge in [0.15, 0.2) is 0 Å². The highest BCUT2D eigenvalue weighted by Crippen LogP contribution is 2.17. The first-order valence-corrected chi connectivity index (χ1v) is 3.79. The molecule has 0 aliphatic carbocycles. The number of nitrogens with two attached hydrogens (primary N) is 1. The van der Waals surface area contributed by atoms with E-state index >= 15 is 0 Å². The molecule has 2 heteroatoms. The van der Waals surface area contributed by atoms with Crippen molar-refractivity contribution in [1.82, 2.24) is 0 Å². The zero-order chi connectivity index (χ0) is 9.07. The number of allylic oxidation sites excluding steroid dienone is 2. The Balaban J connectivity index is 4.60. The van der Waals surface area contributed by atoms with E-state index in [-0.39, 0.29) is 5.41 Å². The lowest BCUT2D eigenvalue weighted by Crippen LogP contribution is -2.19. The minimum absolute atomic E-state index is 0.0926. The van der Waals surface area contributed by atoms with Crippen molar-refractivity contribution in [3.8, 4) is 0 Å². The van der Waals surface area contributed by atoms with Crippen LogP contribution in [0, 0.1) is 5.41 Å². The first-order chi connectivity index (χ1) is 4.88. The van der Waals surface area contributed by atoms with E-state index in [1.165, 1.54) is 0 Å². The fourth-order valence-electron chi connectivity index (χ4n) is 0.832. The van der Waals surface area contributed by atoms with Gasteiger partial charge in [-0.15, -0.1) is 0 Å². The molecule has 0 saturated carbocycles. The molecular formula is C9H18N2. The molecule has 2 nitrogen and oxygen atoms in total. The fourth-order valence-corrected chi connectivity index (χ4v) is 0.832. The van der Waals surface area contributed by atoms with Gasteiger partial charge in [0.05, 0.1) is 0 Å². The molecule has 2 N–H and O–H groups in total. The molecule has 0 atom stereocenters. The van der Waals surface area contributed by atoms with Gasteiger partial charge in [0.2, 0.25) is 0 Å². The Hall–Kier alpha value is -0.790. The van der Waals surface area contributed by atoms with Gasteiger partial charge in [0.25, 0.3) is 0 Å². The van der Waals surface area contributed by atoms with Crippen molar-refractivity contribution in [3.05, 3.63) is 11.8 Å². The van der Waals surface area contributed by atoms with Crippen LogP contribution in [0.2, 0.25) is 0 Å². The molecule has 0 radical (unpaired) electrons. The van der Waals surface area contributed by atoms with E-state index in [1.54, 1.807) is 7.05 Å². The first-order valence-electron chi connectivity index (χ1n) is 3.79. The first kappa shape index (κ1) is 10.2. The van der Waals surface area contributed by atoms with Crippen molar-refractivity contribution in [2.24, 2.45) is 16.1 Å². The van der Waals surface area contributed by atoms with Crippen molar-refractivity contribution in [1.29, 1.82) is 0 Å². The molecule has 0 rings (SSSR count). The molecule has 0 bridgehead atoms. The Morgan fingerprint density at radius 1 is 1.36 bits per heavy atom. The Kier molecular flexibility index (Phi) is 3.30.